The fourth-order valence-corrected chi connectivity index (χ4v) is 4.36. The van der Waals surface area contributed by atoms with Crippen LogP contribution in [0.25, 0.3) is 0 Å². The number of benzene rings is 2. The number of ether oxygens (including phenoxy) is 1. The highest BCUT2D eigenvalue weighted by molar-refractivity contribution is 9.10. The molecule has 2 nitrogen and oxygen atoms in total. The molecule has 4 heteroatoms. The standard InChI is InChI=1S/C19H17BrClNO/c1-23-16-10-9-15(21)17-13-3-2-4-14(13)18(22-19(16)17)11-5-7-12(20)8-6-11/h2-3,5-10,13-14,18,22H,4H2,1H3/t13-,14-,18+/m1/s1. The van der Waals surface area contributed by atoms with E-state index in [4.69, 9.17) is 16.3 Å². The van der Waals surface area contributed by atoms with Gasteiger partial charge in [0.1, 0.15) is 5.75 Å². The first-order valence-corrected chi connectivity index (χ1v) is 8.91. The van der Waals surface area contributed by atoms with Crippen molar-refractivity contribution in [2.45, 2.75) is 18.4 Å². The second-order valence-corrected chi connectivity index (χ2v) is 7.39. The molecule has 0 saturated heterocycles. The first kappa shape index (κ1) is 15.1. The molecule has 0 bridgehead atoms. The molecule has 1 aliphatic heterocycles. The molecule has 3 atom stereocenters. The first-order chi connectivity index (χ1) is 11.2. The molecule has 4 rings (SSSR count). The average molecular weight is 391 g/mol. The SMILES string of the molecule is COc1ccc(Cl)c2c1N[C@@H](c1ccc(Br)cc1)[C@@H]1CC=C[C@@H]21. The summed E-state index contributed by atoms with van der Waals surface area (Å²) in [5.41, 5.74) is 3.48. The fourth-order valence-electron chi connectivity index (χ4n) is 3.81. The molecular weight excluding hydrogens is 374 g/mol. The van der Waals surface area contributed by atoms with Crippen molar-refractivity contribution in [1.82, 2.24) is 0 Å². The van der Waals surface area contributed by atoms with Crippen molar-refractivity contribution in [3.8, 4) is 5.75 Å². The Morgan fingerprint density at radius 3 is 2.70 bits per heavy atom. The third kappa shape index (κ3) is 2.47. The predicted octanol–water partition coefficient (Wildman–Crippen LogP) is 5.94. The average Bonchev–Trinajstić information content (AvgIpc) is 3.04. The van der Waals surface area contributed by atoms with Gasteiger partial charge in [0.15, 0.2) is 0 Å². The first-order valence-electron chi connectivity index (χ1n) is 7.74. The topological polar surface area (TPSA) is 21.3 Å². The van der Waals surface area contributed by atoms with Crippen LogP contribution in [0.3, 0.4) is 0 Å². The van der Waals surface area contributed by atoms with Crippen molar-refractivity contribution in [2.75, 3.05) is 12.4 Å². The number of hydrogen-bond donors (Lipinski definition) is 1. The number of hydrogen-bond acceptors (Lipinski definition) is 2. The summed E-state index contributed by atoms with van der Waals surface area (Å²) in [4.78, 5) is 0. The smallest absolute Gasteiger partial charge is 0.142 e. The van der Waals surface area contributed by atoms with Crippen LogP contribution in [0, 0.1) is 5.92 Å². The van der Waals surface area contributed by atoms with Crippen LogP contribution in [0.2, 0.25) is 5.02 Å². The van der Waals surface area contributed by atoms with Crippen molar-refractivity contribution in [2.24, 2.45) is 5.92 Å². The second kappa shape index (κ2) is 5.88. The van der Waals surface area contributed by atoms with Crippen molar-refractivity contribution in [3.63, 3.8) is 0 Å². The molecule has 2 aromatic carbocycles. The molecule has 0 amide bonds. The van der Waals surface area contributed by atoms with Gasteiger partial charge in [-0.1, -0.05) is 51.8 Å². The Hall–Kier alpha value is -1.45. The van der Waals surface area contributed by atoms with E-state index in [0.717, 1.165) is 32.9 Å². The van der Waals surface area contributed by atoms with E-state index in [-0.39, 0.29) is 6.04 Å². The van der Waals surface area contributed by atoms with Crippen molar-refractivity contribution < 1.29 is 4.74 Å². The highest BCUT2D eigenvalue weighted by atomic mass is 79.9. The molecule has 118 valence electrons. The van der Waals surface area contributed by atoms with Gasteiger partial charge in [0.25, 0.3) is 0 Å². The van der Waals surface area contributed by atoms with Gasteiger partial charge in [0.2, 0.25) is 0 Å². The normalized spacial score (nSPS) is 24.7. The third-order valence-electron chi connectivity index (χ3n) is 4.88. The van der Waals surface area contributed by atoms with E-state index in [9.17, 15) is 0 Å². The summed E-state index contributed by atoms with van der Waals surface area (Å²) in [6.07, 6.45) is 5.63. The van der Waals surface area contributed by atoms with Crippen LogP contribution in [0.1, 0.15) is 29.5 Å². The molecule has 2 aliphatic rings. The lowest BCUT2D eigenvalue weighted by molar-refractivity contribution is 0.397. The van der Waals surface area contributed by atoms with Crippen molar-refractivity contribution >= 4 is 33.2 Å². The highest BCUT2D eigenvalue weighted by Crippen LogP contribution is 2.54. The lowest BCUT2D eigenvalue weighted by atomic mass is 9.77. The number of rotatable bonds is 2. The number of anilines is 1. The maximum Gasteiger partial charge on any atom is 0.142 e. The number of methoxy groups -OCH3 is 1. The van der Waals surface area contributed by atoms with E-state index in [1.165, 1.54) is 5.56 Å². The van der Waals surface area contributed by atoms with E-state index in [2.05, 4.69) is 57.7 Å². The van der Waals surface area contributed by atoms with Crippen molar-refractivity contribution in [1.29, 1.82) is 0 Å². The summed E-state index contributed by atoms with van der Waals surface area (Å²) < 4.78 is 6.66. The lowest BCUT2D eigenvalue weighted by Gasteiger charge is -2.38. The van der Waals surface area contributed by atoms with E-state index >= 15 is 0 Å². The van der Waals surface area contributed by atoms with Crippen LogP contribution in [-0.2, 0) is 0 Å². The Balaban J connectivity index is 1.84. The largest absolute Gasteiger partial charge is 0.495 e. The Bertz CT molecular complexity index is 772. The summed E-state index contributed by atoms with van der Waals surface area (Å²) >= 11 is 10.0. The molecule has 0 saturated carbocycles. The summed E-state index contributed by atoms with van der Waals surface area (Å²) in [6.45, 7) is 0. The van der Waals surface area contributed by atoms with Gasteiger partial charge < -0.3 is 10.1 Å². The molecule has 1 aliphatic carbocycles. The van der Waals surface area contributed by atoms with Crippen LogP contribution in [0.5, 0.6) is 5.75 Å². The minimum atomic E-state index is 0.253. The van der Waals surface area contributed by atoms with Gasteiger partial charge in [0, 0.05) is 21.0 Å². The summed E-state index contributed by atoms with van der Waals surface area (Å²) in [5, 5.41) is 4.51. The number of nitrogens with one attached hydrogen (secondary N) is 1. The van der Waals surface area contributed by atoms with Gasteiger partial charge in [-0.05, 0) is 42.2 Å². The zero-order valence-corrected chi connectivity index (χ0v) is 15.1. The molecule has 1 heterocycles. The highest BCUT2D eigenvalue weighted by Gasteiger charge is 2.40. The van der Waals surface area contributed by atoms with Gasteiger partial charge in [-0.3, -0.25) is 0 Å². The van der Waals surface area contributed by atoms with Crippen LogP contribution in [0.4, 0.5) is 5.69 Å². The van der Waals surface area contributed by atoms with Gasteiger partial charge in [-0.25, -0.2) is 0 Å². The molecule has 0 unspecified atom stereocenters. The van der Waals surface area contributed by atoms with E-state index in [0.29, 0.717) is 11.8 Å². The molecule has 0 spiro atoms. The zero-order chi connectivity index (χ0) is 16.0. The molecule has 1 N–H and O–H groups in total. The Kier molecular flexibility index (Phi) is 3.86. The maximum atomic E-state index is 6.52. The van der Waals surface area contributed by atoms with Crippen LogP contribution in [-0.4, -0.2) is 7.11 Å². The minimum absolute atomic E-state index is 0.253. The van der Waals surface area contributed by atoms with Gasteiger partial charge in [0.05, 0.1) is 18.8 Å². The van der Waals surface area contributed by atoms with E-state index in [1.54, 1.807) is 7.11 Å². The molecular formula is C19H17BrClNO. The molecule has 2 aromatic rings. The third-order valence-corrected chi connectivity index (χ3v) is 5.74. The molecule has 0 fully saturated rings. The summed E-state index contributed by atoms with van der Waals surface area (Å²) in [7, 11) is 1.70. The minimum Gasteiger partial charge on any atom is -0.495 e. The number of allylic oxidation sites excluding steroid dienone is 2. The zero-order valence-electron chi connectivity index (χ0n) is 12.7. The van der Waals surface area contributed by atoms with Crippen LogP contribution < -0.4 is 10.1 Å². The number of fused-ring (bicyclic) bond motifs is 3. The van der Waals surface area contributed by atoms with Gasteiger partial charge in [-0.2, -0.15) is 0 Å². The van der Waals surface area contributed by atoms with Gasteiger partial charge in [-0.15, -0.1) is 0 Å². The Morgan fingerprint density at radius 2 is 1.96 bits per heavy atom. The monoisotopic (exact) mass is 389 g/mol. The van der Waals surface area contributed by atoms with Crippen LogP contribution >= 0.6 is 27.5 Å². The summed E-state index contributed by atoms with van der Waals surface area (Å²) in [6, 6.07) is 12.7. The molecule has 0 radical (unpaired) electrons. The Morgan fingerprint density at radius 1 is 1.17 bits per heavy atom. The second-order valence-electron chi connectivity index (χ2n) is 6.07. The van der Waals surface area contributed by atoms with Crippen molar-refractivity contribution in [3.05, 3.63) is 69.2 Å². The van der Waals surface area contributed by atoms with Crippen LogP contribution in [0.15, 0.2) is 53.0 Å². The Labute approximate surface area is 149 Å². The lowest BCUT2D eigenvalue weighted by Crippen LogP contribution is -2.29. The fraction of sp³-hybridized carbons (Fsp3) is 0.263. The molecule has 0 aromatic heterocycles. The maximum absolute atomic E-state index is 6.52. The van der Waals surface area contributed by atoms with E-state index < -0.39 is 0 Å². The van der Waals surface area contributed by atoms with E-state index in [1.807, 2.05) is 12.1 Å². The summed E-state index contributed by atoms with van der Waals surface area (Å²) in [5.74, 6) is 1.67. The van der Waals surface area contributed by atoms with Gasteiger partial charge >= 0.3 is 0 Å². The quantitative estimate of drug-likeness (QED) is 0.641. The molecule has 23 heavy (non-hydrogen) atoms. The number of halogens is 2. The predicted molar refractivity (Wildman–Crippen MR) is 98.5 cm³/mol.